The van der Waals surface area contributed by atoms with Gasteiger partial charge in [-0.25, -0.2) is 0 Å². The van der Waals surface area contributed by atoms with Gasteiger partial charge in [-0.2, -0.15) is 0 Å². The summed E-state index contributed by atoms with van der Waals surface area (Å²) in [4.78, 5) is 23.0. The molecule has 3 aliphatic rings. The second kappa shape index (κ2) is 19.2. The van der Waals surface area contributed by atoms with E-state index in [9.17, 15) is 14.7 Å². The van der Waals surface area contributed by atoms with Gasteiger partial charge in [0.1, 0.15) is 12.0 Å². The number of carbonyl (C=O) groups is 2. The molecule has 5 nitrogen and oxygen atoms in total. The Morgan fingerprint density at radius 3 is 2.09 bits per heavy atom. The van der Waals surface area contributed by atoms with Crippen molar-refractivity contribution >= 4 is 11.9 Å². The lowest BCUT2D eigenvalue weighted by Gasteiger charge is -2.41. The summed E-state index contributed by atoms with van der Waals surface area (Å²) in [5.74, 6) is 0.824. The van der Waals surface area contributed by atoms with Crippen LogP contribution in [0.2, 0.25) is 0 Å². The fourth-order valence-electron chi connectivity index (χ4n) is 6.50. The number of allylic oxidation sites excluding steroid dienone is 7. The van der Waals surface area contributed by atoms with E-state index in [1.165, 1.54) is 88.7 Å². The summed E-state index contributed by atoms with van der Waals surface area (Å²) in [5, 5.41) is 9.27. The Bertz CT molecular complexity index is 1100. The van der Waals surface area contributed by atoms with Crippen LogP contribution in [-0.2, 0) is 19.1 Å². The molecule has 0 radical (unpaired) electrons. The number of carboxylic acid groups (broad SMARTS) is 1. The smallest absolute Gasteiger partial charge is 0.315 e. The summed E-state index contributed by atoms with van der Waals surface area (Å²) in [6.45, 7) is 27.3. The van der Waals surface area contributed by atoms with Crippen LogP contribution in [0.4, 0.5) is 0 Å². The Kier molecular flexibility index (Phi) is 17.5. The van der Waals surface area contributed by atoms with Crippen LogP contribution >= 0.6 is 0 Å². The van der Waals surface area contributed by atoms with E-state index in [4.69, 9.17) is 9.47 Å². The molecule has 0 amide bonds. The van der Waals surface area contributed by atoms with Crippen molar-refractivity contribution in [1.29, 1.82) is 0 Å². The van der Waals surface area contributed by atoms with Crippen LogP contribution in [0.3, 0.4) is 0 Å². The summed E-state index contributed by atoms with van der Waals surface area (Å²) >= 11 is 0. The van der Waals surface area contributed by atoms with Crippen molar-refractivity contribution in [2.45, 2.75) is 159 Å². The topological polar surface area (TPSA) is 72.8 Å². The number of carbonyl (C=O) groups excluding carboxylic acids is 1. The van der Waals surface area contributed by atoms with Gasteiger partial charge in [-0.15, -0.1) is 0 Å². The van der Waals surface area contributed by atoms with Gasteiger partial charge in [-0.05, 0) is 141 Å². The quantitative estimate of drug-likeness (QED) is 0.187. The highest BCUT2D eigenvalue weighted by molar-refractivity contribution is 5.77. The van der Waals surface area contributed by atoms with E-state index in [1.807, 2.05) is 34.6 Å². The third kappa shape index (κ3) is 14.1. The maximum absolute atomic E-state index is 11.7. The number of rotatable bonds is 10. The molecule has 1 N–H and O–H groups in total. The molecular weight excluding hydrogens is 584 g/mol. The van der Waals surface area contributed by atoms with Crippen LogP contribution < -0.4 is 0 Å². The van der Waals surface area contributed by atoms with Gasteiger partial charge in [0.25, 0.3) is 0 Å². The molecule has 3 rings (SSSR count). The third-order valence-electron chi connectivity index (χ3n) is 10.1. The van der Waals surface area contributed by atoms with E-state index in [-0.39, 0.29) is 13.2 Å². The number of aliphatic carboxylic acids is 1. The first kappa shape index (κ1) is 42.9. The van der Waals surface area contributed by atoms with Crippen LogP contribution in [0, 0.1) is 34.0 Å². The predicted octanol–water partition coefficient (Wildman–Crippen LogP) is 11.7. The monoisotopic (exact) mass is 657 g/mol. The highest BCUT2D eigenvalue weighted by Gasteiger charge is 2.45. The zero-order chi connectivity index (χ0) is 36.1. The van der Waals surface area contributed by atoms with Gasteiger partial charge in [0, 0.05) is 0 Å². The van der Waals surface area contributed by atoms with Crippen LogP contribution in [-0.4, -0.2) is 35.9 Å². The molecule has 3 fully saturated rings. The van der Waals surface area contributed by atoms with Crippen LogP contribution in [0.1, 0.15) is 154 Å². The molecule has 0 heterocycles. The molecule has 3 saturated carbocycles. The Balaban J connectivity index is 0.000000470. The van der Waals surface area contributed by atoms with Gasteiger partial charge in [-0.3, -0.25) is 9.59 Å². The summed E-state index contributed by atoms with van der Waals surface area (Å²) in [7, 11) is 0. The zero-order valence-electron chi connectivity index (χ0n) is 32.5. The highest BCUT2D eigenvalue weighted by Crippen LogP contribution is 2.56. The number of esters is 1. The highest BCUT2D eigenvalue weighted by atomic mass is 16.5. The Hall–Kier alpha value is -2.14. The van der Waals surface area contributed by atoms with E-state index >= 15 is 0 Å². The molecular formula is C42H72O5. The van der Waals surface area contributed by atoms with Gasteiger partial charge in [0.2, 0.25) is 0 Å². The molecule has 270 valence electrons. The Labute approximate surface area is 289 Å². The van der Waals surface area contributed by atoms with Crippen molar-refractivity contribution in [1.82, 2.24) is 0 Å². The number of fused-ring (bicyclic) bond motifs is 1. The molecule has 47 heavy (non-hydrogen) atoms. The SMILES string of the molecule is C=C1CCCC/C1=C/C=C1\CCCC2(C/C=C/C(C)C(C)C)CCC[C@@H]12.CC.CC(C)(C)OCC(C)(COC(=O)C(C)(C)C)C(=O)O. The lowest BCUT2D eigenvalue weighted by Crippen LogP contribution is -2.41. The first-order valence-electron chi connectivity index (χ1n) is 18.6. The van der Waals surface area contributed by atoms with E-state index in [1.54, 1.807) is 26.3 Å². The third-order valence-corrected chi connectivity index (χ3v) is 10.1. The molecule has 5 heteroatoms. The molecule has 4 atom stereocenters. The van der Waals surface area contributed by atoms with Gasteiger partial charge < -0.3 is 14.6 Å². The fraction of sp³-hybridized carbons (Fsp3) is 0.762. The maximum Gasteiger partial charge on any atom is 0.315 e. The first-order valence-corrected chi connectivity index (χ1v) is 18.6. The van der Waals surface area contributed by atoms with Crippen LogP contribution in [0.5, 0.6) is 0 Å². The van der Waals surface area contributed by atoms with Crippen LogP contribution in [0.25, 0.3) is 0 Å². The maximum atomic E-state index is 11.7. The average molecular weight is 657 g/mol. The lowest BCUT2D eigenvalue weighted by molar-refractivity contribution is -0.169. The fourth-order valence-corrected chi connectivity index (χ4v) is 6.50. The van der Waals surface area contributed by atoms with E-state index in [0.29, 0.717) is 11.3 Å². The number of ether oxygens (including phenoxy) is 2. The molecule has 0 aromatic heterocycles. The zero-order valence-corrected chi connectivity index (χ0v) is 32.5. The Morgan fingerprint density at radius 1 is 0.915 bits per heavy atom. The molecule has 0 aromatic rings. The molecule has 3 unspecified atom stereocenters. The minimum Gasteiger partial charge on any atom is -0.481 e. The molecule has 0 aromatic carbocycles. The second-order valence-electron chi connectivity index (χ2n) is 16.7. The number of hydrogen-bond acceptors (Lipinski definition) is 4. The summed E-state index contributed by atoms with van der Waals surface area (Å²) in [5.41, 5.74) is 2.92. The van der Waals surface area contributed by atoms with Crippen molar-refractivity contribution in [3.8, 4) is 0 Å². The van der Waals surface area contributed by atoms with Gasteiger partial charge in [0.05, 0.1) is 17.6 Å². The molecule has 0 spiro atoms. The minimum atomic E-state index is -1.24. The van der Waals surface area contributed by atoms with Crippen molar-refractivity contribution in [3.63, 3.8) is 0 Å². The van der Waals surface area contributed by atoms with E-state index in [2.05, 4.69) is 51.7 Å². The Morgan fingerprint density at radius 2 is 1.53 bits per heavy atom. The van der Waals surface area contributed by atoms with Crippen LogP contribution in [0.15, 0.2) is 47.6 Å². The van der Waals surface area contributed by atoms with Gasteiger partial charge in [0.15, 0.2) is 0 Å². The molecule has 0 saturated heterocycles. The van der Waals surface area contributed by atoms with Crippen molar-refractivity contribution in [3.05, 3.63) is 47.6 Å². The van der Waals surface area contributed by atoms with Crippen molar-refractivity contribution in [2.24, 2.45) is 34.0 Å². The van der Waals surface area contributed by atoms with Crippen molar-refractivity contribution in [2.75, 3.05) is 13.2 Å². The van der Waals surface area contributed by atoms with E-state index in [0.717, 1.165) is 11.8 Å². The van der Waals surface area contributed by atoms with Crippen molar-refractivity contribution < 1.29 is 24.2 Å². The van der Waals surface area contributed by atoms with Gasteiger partial charge in [-0.1, -0.05) is 83.1 Å². The first-order chi connectivity index (χ1) is 21.8. The van der Waals surface area contributed by atoms with E-state index < -0.39 is 28.4 Å². The average Bonchev–Trinajstić information content (AvgIpc) is 3.43. The molecule has 0 aliphatic heterocycles. The largest absolute Gasteiger partial charge is 0.481 e. The lowest BCUT2D eigenvalue weighted by atomic mass is 9.64. The molecule has 3 aliphatic carbocycles. The van der Waals surface area contributed by atoms with Gasteiger partial charge >= 0.3 is 11.9 Å². The number of hydrogen-bond donors (Lipinski definition) is 1. The summed E-state index contributed by atoms with van der Waals surface area (Å²) in [6.07, 6.45) is 24.9. The minimum absolute atomic E-state index is 0.0107. The second-order valence-corrected chi connectivity index (χ2v) is 16.7. The summed E-state index contributed by atoms with van der Waals surface area (Å²) < 4.78 is 10.6. The normalized spacial score (nSPS) is 25.4. The predicted molar refractivity (Wildman–Crippen MR) is 198 cm³/mol. The summed E-state index contributed by atoms with van der Waals surface area (Å²) in [6, 6.07) is 0. The number of carboxylic acids is 1. The molecule has 0 bridgehead atoms. The standard InChI is InChI=1S/C26H40.C14H26O5.C2H6/c1-20(2)21(3)11-7-17-26-18-8-13-24(25(26)14-9-19-26)16-15-23-12-6-5-10-22(23)4;1-12(2,3)11(17)18-8-14(7,10(15)16)9-19-13(4,5)6;1-2/h7,11,15-16,20-21,25H,4-6,8-10,12-14,17-19H2,1-3H3;8-9H2,1-7H3,(H,15,16);1-2H3/b11-7+,23-15-,24-16+;;/t21?,25-,26?;;/m0../s1.